The van der Waals surface area contributed by atoms with Crippen LogP contribution in [0.3, 0.4) is 0 Å². The number of anilines is 1. The van der Waals surface area contributed by atoms with Gasteiger partial charge in [-0.3, -0.25) is 9.88 Å². The van der Waals surface area contributed by atoms with Gasteiger partial charge in [-0.2, -0.15) is 9.66 Å². The minimum Gasteiger partial charge on any atom is -0.329 e. The van der Waals surface area contributed by atoms with Gasteiger partial charge < -0.3 is 4.90 Å². The number of piperazine rings is 1. The Hall–Kier alpha value is -3.36. The minimum atomic E-state index is 0.758. The molecule has 0 radical (unpaired) electrons. The number of para-hydroxylation sites is 2. The number of pyridine rings is 1. The molecule has 32 heavy (non-hydrogen) atoms. The molecule has 0 amide bonds. The smallest absolute Gasteiger partial charge is 0.250 e. The van der Waals surface area contributed by atoms with E-state index in [2.05, 4.69) is 82.7 Å². The monoisotopic (exact) mass is 425 g/mol. The van der Waals surface area contributed by atoms with Crippen LogP contribution in [0.2, 0.25) is 0 Å². The normalized spacial score (nSPS) is 14.8. The molecule has 1 fully saturated rings. The number of hydrogen-bond acceptors (Lipinski definition) is 2. The van der Waals surface area contributed by atoms with Crippen LogP contribution < -0.4 is 14.2 Å². The van der Waals surface area contributed by atoms with Crippen LogP contribution in [0.25, 0.3) is 16.7 Å². The quantitative estimate of drug-likeness (QED) is 0.483. The van der Waals surface area contributed by atoms with Crippen molar-refractivity contribution in [2.24, 2.45) is 0 Å². The fraction of sp³-hybridized carbons (Fsp3) is 0.333. The first-order valence-electron chi connectivity index (χ1n) is 11.7. The van der Waals surface area contributed by atoms with Crippen LogP contribution >= 0.6 is 0 Å². The Labute approximate surface area is 189 Å². The van der Waals surface area contributed by atoms with Crippen LogP contribution in [-0.4, -0.2) is 37.7 Å². The van der Waals surface area contributed by atoms with Crippen LogP contribution in [0.4, 0.5) is 5.82 Å². The lowest BCUT2D eigenvalue weighted by Gasteiger charge is -2.31. The summed E-state index contributed by atoms with van der Waals surface area (Å²) >= 11 is 0. The molecule has 4 aromatic rings. The van der Waals surface area contributed by atoms with E-state index in [4.69, 9.17) is 0 Å². The van der Waals surface area contributed by atoms with E-state index in [1.165, 1.54) is 23.5 Å². The Morgan fingerprint density at radius 3 is 2.50 bits per heavy atom. The third-order valence-electron chi connectivity index (χ3n) is 7.01. The van der Waals surface area contributed by atoms with Gasteiger partial charge in [0, 0.05) is 12.0 Å². The van der Waals surface area contributed by atoms with E-state index < -0.39 is 0 Å². The predicted octanol–water partition coefficient (Wildman–Crippen LogP) is 2.60. The standard InChI is InChI=1S/C27H29N5/c1-3-22-20(2)23(19-28)26-29-24-11-7-8-12-25(24)32(26)27(22)31-17-15-30(16-18-31)14-13-21-9-5-4-6-10-21/h4-12H,3,13-18H2,1-2H3/p+2. The van der Waals surface area contributed by atoms with Crippen molar-refractivity contribution < 1.29 is 9.30 Å². The van der Waals surface area contributed by atoms with E-state index in [1.807, 2.05) is 6.07 Å². The van der Waals surface area contributed by atoms with Crippen molar-refractivity contribution >= 4 is 22.5 Å². The fourth-order valence-electron chi connectivity index (χ4n) is 5.25. The van der Waals surface area contributed by atoms with Crippen molar-refractivity contribution in [2.45, 2.75) is 26.7 Å². The number of quaternary nitrogens is 1. The molecule has 162 valence electrons. The van der Waals surface area contributed by atoms with Crippen LogP contribution in [0.5, 0.6) is 0 Å². The van der Waals surface area contributed by atoms with Crippen molar-refractivity contribution in [1.82, 2.24) is 4.98 Å². The molecule has 0 spiro atoms. The number of fused-ring (bicyclic) bond motifs is 3. The van der Waals surface area contributed by atoms with Crippen molar-refractivity contribution in [3.63, 3.8) is 0 Å². The first kappa shape index (κ1) is 20.5. The largest absolute Gasteiger partial charge is 0.329 e. The van der Waals surface area contributed by atoms with Crippen LogP contribution in [0.1, 0.15) is 29.2 Å². The van der Waals surface area contributed by atoms with E-state index in [9.17, 15) is 5.26 Å². The number of hydrogen-bond donors (Lipinski definition) is 2. The molecule has 2 aromatic carbocycles. The zero-order valence-corrected chi connectivity index (χ0v) is 19.0. The second-order valence-corrected chi connectivity index (χ2v) is 8.82. The first-order chi connectivity index (χ1) is 15.7. The van der Waals surface area contributed by atoms with E-state index in [1.54, 1.807) is 4.90 Å². The summed E-state index contributed by atoms with van der Waals surface area (Å²) in [7, 11) is 0. The number of H-pyrrole nitrogens is 1. The Kier molecular flexibility index (Phi) is 5.55. The number of nitriles is 1. The number of nitrogens with one attached hydrogen (secondary N) is 2. The average molecular weight is 426 g/mol. The summed E-state index contributed by atoms with van der Waals surface area (Å²) in [5.74, 6) is 1.26. The Balaban J connectivity index is 1.48. The molecular formula is C27H31N5+2. The Morgan fingerprint density at radius 2 is 1.78 bits per heavy atom. The van der Waals surface area contributed by atoms with E-state index in [-0.39, 0.29) is 0 Å². The number of benzene rings is 2. The molecule has 0 aliphatic carbocycles. The van der Waals surface area contributed by atoms with Gasteiger partial charge in [0.25, 0.3) is 0 Å². The van der Waals surface area contributed by atoms with Gasteiger partial charge in [-0.1, -0.05) is 49.4 Å². The molecule has 1 aliphatic heterocycles. The summed E-state index contributed by atoms with van der Waals surface area (Å²) in [6.07, 6.45) is 2.05. The summed E-state index contributed by atoms with van der Waals surface area (Å²) < 4.78 is 2.30. The third kappa shape index (κ3) is 3.51. The number of imidazole rings is 1. The average Bonchev–Trinajstić information content (AvgIpc) is 3.22. The summed E-state index contributed by atoms with van der Waals surface area (Å²) in [5.41, 5.74) is 7.71. The van der Waals surface area contributed by atoms with Gasteiger partial charge in [0.1, 0.15) is 48.8 Å². The second kappa shape index (κ2) is 8.64. The minimum absolute atomic E-state index is 0.758. The SMILES string of the molecule is CCc1c(C)c(C#N)c2[nH]c3ccccc3[n+]2c1N1CC[NH+](CCc2ccccc2)CC1. The maximum absolute atomic E-state index is 9.95. The topological polar surface area (TPSA) is 51.4 Å². The number of nitrogens with zero attached hydrogens (tertiary/aromatic N) is 3. The van der Waals surface area contributed by atoms with Gasteiger partial charge >= 0.3 is 0 Å². The predicted molar refractivity (Wildman–Crippen MR) is 128 cm³/mol. The molecule has 2 N–H and O–H groups in total. The lowest BCUT2D eigenvalue weighted by Crippen LogP contribution is -3.15. The zero-order valence-electron chi connectivity index (χ0n) is 19.0. The first-order valence-corrected chi connectivity index (χ1v) is 11.7. The molecule has 1 saturated heterocycles. The highest BCUT2D eigenvalue weighted by molar-refractivity contribution is 5.78. The molecular weight excluding hydrogens is 394 g/mol. The molecule has 0 saturated carbocycles. The van der Waals surface area contributed by atoms with Crippen molar-refractivity contribution in [2.75, 3.05) is 37.6 Å². The van der Waals surface area contributed by atoms with Crippen molar-refractivity contribution in [3.8, 4) is 6.07 Å². The van der Waals surface area contributed by atoms with Crippen molar-refractivity contribution in [3.05, 3.63) is 76.9 Å². The fourth-order valence-corrected chi connectivity index (χ4v) is 5.25. The third-order valence-corrected chi connectivity index (χ3v) is 7.01. The van der Waals surface area contributed by atoms with E-state index >= 15 is 0 Å². The molecule has 1 aliphatic rings. The van der Waals surface area contributed by atoms with Crippen LogP contribution in [-0.2, 0) is 12.8 Å². The second-order valence-electron chi connectivity index (χ2n) is 8.82. The highest BCUT2D eigenvalue weighted by Gasteiger charge is 2.32. The number of aromatic amines is 1. The Bertz CT molecular complexity index is 1290. The number of aromatic nitrogens is 2. The maximum Gasteiger partial charge on any atom is 0.250 e. The van der Waals surface area contributed by atoms with Gasteiger partial charge in [-0.05, 0) is 36.6 Å². The van der Waals surface area contributed by atoms with Gasteiger partial charge in [-0.25, -0.2) is 0 Å². The van der Waals surface area contributed by atoms with Gasteiger partial charge in [-0.15, -0.1) is 0 Å². The molecule has 5 nitrogen and oxygen atoms in total. The summed E-state index contributed by atoms with van der Waals surface area (Å²) in [4.78, 5) is 7.75. The Morgan fingerprint density at radius 1 is 1.06 bits per heavy atom. The van der Waals surface area contributed by atoms with Crippen LogP contribution in [0.15, 0.2) is 54.6 Å². The zero-order chi connectivity index (χ0) is 22.1. The lowest BCUT2D eigenvalue weighted by molar-refractivity contribution is -0.900. The maximum atomic E-state index is 9.95. The molecule has 0 bridgehead atoms. The van der Waals surface area contributed by atoms with Gasteiger partial charge in [0.15, 0.2) is 0 Å². The van der Waals surface area contributed by atoms with Gasteiger partial charge in [0.2, 0.25) is 11.5 Å². The molecule has 5 rings (SSSR count). The van der Waals surface area contributed by atoms with Crippen molar-refractivity contribution in [1.29, 1.82) is 5.26 Å². The summed E-state index contributed by atoms with van der Waals surface area (Å²) in [6.45, 7) is 9.83. The summed E-state index contributed by atoms with van der Waals surface area (Å²) in [6, 6.07) is 21.7. The van der Waals surface area contributed by atoms with E-state index in [0.717, 1.165) is 66.8 Å². The lowest BCUT2D eigenvalue weighted by atomic mass is 10.0. The molecule has 0 atom stereocenters. The molecule has 2 aromatic heterocycles. The number of rotatable bonds is 5. The van der Waals surface area contributed by atoms with E-state index in [0.29, 0.717) is 0 Å². The highest BCUT2D eigenvalue weighted by Crippen LogP contribution is 2.28. The summed E-state index contributed by atoms with van der Waals surface area (Å²) in [5, 5.41) is 9.95. The van der Waals surface area contributed by atoms with Crippen LogP contribution in [0, 0.1) is 18.3 Å². The molecule has 0 unspecified atom stereocenters. The highest BCUT2D eigenvalue weighted by atomic mass is 15.3. The molecule has 5 heteroatoms. The van der Waals surface area contributed by atoms with Gasteiger partial charge in [0.05, 0.1) is 6.54 Å². The molecule has 3 heterocycles.